The number of furan rings is 1. The molecule has 1 aromatic heterocycles. The zero-order valence-corrected chi connectivity index (χ0v) is 10.8. The van der Waals surface area contributed by atoms with Crippen molar-refractivity contribution in [1.29, 1.82) is 0 Å². The number of aryl methyl sites for hydroxylation is 1. The molecule has 1 N–H and O–H groups in total. The Morgan fingerprint density at radius 1 is 1.35 bits per heavy atom. The van der Waals surface area contributed by atoms with Gasteiger partial charge in [-0.15, -0.1) is 0 Å². The van der Waals surface area contributed by atoms with E-state index in [9.17, 15) is 0 Å². The van der Waals surface area contributed by atoms with Crippen LogP contribution in [0.15, 0.2) is 41.0 Å². The molecular weight excluding hydrogens is 234 g/mol. The Bertz CT molecular complexity index is 479. The maximum absolute atomic E-state index is 5.97. The number of hydrogen-bond donors (Lipinski definition) is 1. The molecule has 0 fully saturated rings. The third-order valence-corrected chi connectivity index (χ3v) is 3.18. The van der Waals surface area contributed by atoms with Crippen LogP contribution in [0.25, 0.3) is 0 Å². The fraction of sp³-hybridized carbons (Fsp3) is 0.286. The van der Waals surface area contributed by atoms with E-state index in [0.29, 0.717) is 0 Å². The Labute approximate surface area is 107 Å². The van der Waals surface area contributed by atoms with Crippen LogP contribution >= 0.6 is 11.6 Å². The van der Waals surface area contributed by atoms with Crippen molar-refractivity contribution in [1.82, 2.24) is 5.32 Å². The molecule has 0 aliphatic carbocycles. The third-order valence-electron chi connectivity index (χ3n) is 2.94. The molecule has 1 heterocycles. The molecule has 2 nitrogen and oxygen atoms in total. The number of halogens is 1. The van der Waals surface area contributed by atoms with Gasteiger partial charge in [-0.2, -0.15) is 0 Å². The predicted octanol–water partition coefficient (Wildman–Crippen LogP) is 3.74. The van der Waals surface area contributed by atoms with Gasteiger partial charge in [0, 0.05) is 17.5 Å². The van der Waals surface area contributed by atoms with Crippen molar-refractivity contribution in [3.63, 3.8) is 0 Å². The summed E-state index contributed by atoms with van der Waals surface area (Å²) in [6.45, 7) is 2.08. The molecule has 1 atom stereocenters. The molecule has 90 valence electrons. The van der Waals surface area contributed by atoms with Crippen molar-refractivity contribution in [3.8, 4) is 0 Å². The first-order valence-electron chi connectivity index (χ1n) is 5.66. The minimum Gasteiger partial charge on any atom is -0.469 e. The van der Waals surface area contributed by atoms with E-state index in [0.717, 1.165) is 17.2 Å². The van der Waals surface area contributed by atoms with Gasteiger partial charge in [0.05, 0.1) is 6.26 Å². The summed E-state index contributed by atoms with van der Waals surface area (Å²) in [7, 11) is 1.96. The number of nitrogens with one attached hydrogen (secondary N) is 1. The average Bonchev–Trinajstić information content (AvgIpc) is 2.79. The van der Waals surface area contributed by atoms with Gasteiger partial charge in [-0.3, -0.25) is 0 Å². The Hall–Kier alpha value is -1.25. The molecule has 0 spiro atoms. The maximum Gasteiger partial charge on any atom is 0.105 e. The lowest BCUT2D eigenvalue weighted by Gasteiger charge is -2.18. The molecular formula is C14H16ClNO. The summed E-state index contributed by atoms with van der Waals surface area (Å²) in [6.07, 6.45) is 2.54. The van der Waals surface area contributed by atoms with Gasteiger partial charge >= 0.3 is 0 Å². The summed E-state index contributed by atoms with van der Waals surface area (Å²) < 4.78 is 5.38. The first kappa shape index (κ1) is 12.2. The Kier molecular flexibility index (Phi) is 3.87. The Balaban J connectivity index is 2.23. The van der Waals surface area contributed by atoms with Crippen LogP contribution in [0.3, 0.4) is 0 Å². The summed E-state index contributed by atoms with van der Waals surface area (Å²) in [5, 5.41) is 4.09. The van der Waals surface area contributed by atoms with E-state index in [2.05, 4.69) is 18.3 Å². The molecule has 3 heteroatoms. The highest BCUT2D eigenvalue weighted by Crippen LogP contribution is 2.24. The van der Waals surface area contributed by atoms with Crippen LogP contribution in [0.4, 0.5) is 0 Å². The van der Waals surface area contributed by atoms with Crippen LogP contribution in [0.5, 0.6) is 0 Å². The van der Waals surface area contributed by atoms with E-state index < -0.39 is 0 Å². The molecule has 0 saturated heterocycles. The fourth-order valence-corrected chi connectivity index (χ4v) is 2.25. The van der Waals surface area contributed by atoms with Gasteiger partial charge in [0.1, 0.15) is 5.76 Å². The molecule has 0 aliphatic heterocycles. The van der Waals surface area contributed by atoms with Crippen LogP contribution in [0, 0.1) is 6.92 Å². The number of rotatable bonds is 4. The van der Waals surface area contributed by atoms with E-state index in [4.69, 9.17) is 16.0 Å². The van der Waals surface area contributed by atoms with E-state index in [1.54, 1.807) is 6.26 Å². The van der Waals surface area contributed by atoms with E-state index in [1.165, 1.54) is 11.1 Å². The second kappa shape index (κ2) is 5.39. The van der Waals surface area contributed by atoms with Gasteiger partial charge < -0.3 is 9.73 Å². The van der Waals surface area contributed by atoms with Crippen molar-refractivity contribution in [2.75, 3.05) is 7.05 Å². The van der Waals surface area contributed by atoms with Crippen LogP contribution in [-0.2, 0) is 6.42 Å². The molecule has 1 aromatic carbocycles. The molecule has 1 unspecified atom stereocenters. The fourth-order valence-electron chi connectivity index (χ4n) is 2.03. The highest BCUT2D eigenvalue weighted by atomic mass is 35.5. The van der Waals surface area contributed by atoms with Crippen molar-refractivity contribution in [2.45, 2.75) is 19.4 Å². The third kappa shape index (κ3) is 2.90. The van der Waals surface area contributed by atoms with Gasteiger partial charge in [0.15, 0.2) is 0 Å². The normalized spacial score (nSPS) is 12.6. The quantitative estimate of drug-likeness (QED) is 0.893. The zero-order chi connectivity index (χ0) is 12.3. The number of hydrogen-bond acceptors (Lipinski definition) is 2. The average molecular weight is 250 g/mol. The van der Waals surface area contributed by atoms with Crippen molar-refractivity contribution in [3.05, 3.63) is 58.5 Å². The van der Waals surface area contributed by atoms with Crippen LogP contribution < -0.4 is 5.32 Å². The van der Waals surface area contributed by atoms with E-state index in [-0.39, 0.29) is 6.04 Å². The maximum atomic E-state index is 5.97. The van der Waals surface area contributed by atoms with Gasteiger partial charge in [0.2, 0.25) is 0 Å². The summed E-state index contributed by atoms with van der Waals surface area (Å²) >= 11 is 5.97. The largest absolute Gasteiger partial charge is 0.469 e. The summed E-state index contributed by atoms with van der Waals surface area (Å²) in [5.41, 5.74) is 2.46. The lowest BCUT2D eigenvalue weighted by Crippen LogP contribution is -2.19. The van der Waals surface area contributed by atoms with Crippen LogP contribution in [0.2, 0.25) is 5.02 Å². The minimum absolute atomic E-state index is 0.249. The van der Waals surface area contributed by atoms with Gasteiger partial charge in [0.25, 0.3) is 0 Å². The first-order valence-corrected chi connectivity index (χ1v) is 6.04. The van der Waals surface area contributed by atoms with E-state index in [1.807, 2.05) is 31.3 Å². The molecule has 0 amide bonds. The standard InChI is InChI=1S/C14H16ClNO/c1-10-8-11(15)5-6-13(10)14(16-2)9-12-4-3-7-17-12/h3-8,14,16H,9H2,1-2H3. The van der Waals surface area contributed by atoms with Gasteiger partial charge in [-0.05, 0) is 49.4 Å². The molecule has 0 bridgehead atoms. The Morgan fingerprint density at radius 2 is 2.18 bits per heavy atom. The van der Waals surface area contributed by atoms with Crippen molar-refractivity contribution < 1.29 is 4.42 Å². The number of likely N-dealkylation sites (N-methyl/N-ethyl adjacent to an activating group) is 1. The monoisotopic (exact) mass is 249 g/mol. The lowest BCUT2D eigenvalue weighted by atomic mass is 9.98. The summed E-state index contributed by atoms with van der Waals surface area (Å²) in [5.74, 6) is 0.985. The number of benzene rings is 1. The predicted molar refractivity (Wildman–Crippen MR) is 70.4 cm³/mol. The van der Waals surface area contributed by atoms with Crippen molar-refractivity contribution >= 4 is 11.6 Å². The molecule has 0 aliphatic rings. The Morgan fingerprint density at radius 3 is 2.76 bits per heavy atom. The molecule has 0 radical (unpaired) electrons. The zero-order valence-electron chi connectivity index (χ0n) is 10.0. The van der Waals surface area contributed by atoms with Gasteiger partial charge in [-0.1, -0.05) is 17.7 Å². The van der Waals surface area contributed by atoms with Crippen LogP contribution in [0.1, 0.15) is 22.9 Å². The topological polar surface area (TPSA) is 25.2 Å². The molecule has 2 rings (SSSR count). The SMILES string of the molecule is CNC(Cc1ccco1)c1ccc(Cl)cc1C. The second-order valence-corrected chi connectivity index (χ2v) is 4.56. The molecule has 2 aromatic rings. The molecule has 17 heavy (non-hydrogen) atoms. The summed E-state index contributed by atoms with van der Waals surface area (Å²) in [4.78, 5) is 0. The van der Waals surface area contributed by atoms with Crippen molar-refractivity contribution in [2.24, 2.45) is 0 Å². The van der Waals surface area contributed by atoms with Crippen LogP contribution in [-0.4, -0.2) is 7.05 Å². The summed E-state index contributed by atoms with van der Waals surface area (Å²) in [6, 6.07) is 10.1. The smallest absolute Gasteiger partial charge is 0.105 e. The second-order valence-electron chi connectivity index (χ2n) is 4.13. The highest BCUT2D eigenvalue weighted by Gasteiger charge is 2.13. The van der Waals surface area contributed by atoms with E-state index >= 15 is 0 Å². The van der Waals surface area contributed by atoms with Gasteiger partial charge in [-0.25, -0.2) is 0 Å². The first-order chi connectivity index (χ1) is 8.20. The molecule has 0 saturated carbocycles. The lowest BCUT2D eigenvalue weighted by molar-refractivity contribution is 0.465. The highest BCUT2D eigenvalue weighted by molar-refractivity contribution is 6.30. The minimum atomic E-state index is 0.249.